The third-order valence-electron chi connectivity index (χ3n) is 12.5. The molecule has 77 heavy (non-hydrogen) atoms. The molecule has 6 nitrogen and oxygen atoms in total. The van der Waals surface area contributed by atoms with Crippen molar-refractivity contribution in [1.82, 2.24) is 0 Å². The van der Waals surface area contributed by atoms with Gasteiger partial charge in [-0.05, 0) is 128 Å². The first-order chi connectivity index (χ1) is 38.0. The number of carbonyl (C=O) groups excluding carboxylic acids is 3. The summed E-state index contributed by atoms with van der Waals surface area (Å²) >= 11 is 0. The molecule has 0 bridgehead atoms. The van der Waals surface area contributed by atoms with Crippen molar-refractivity contribution in [3.05, 3.63) is 158 Å². The Morgan fingerprint density at radius 3 is 0.805 bits per heavy atom. The minimum Gasteiger partial charge on any atom is -0.462 e. The molecule has 0 spiro atoms. The van der Waals surface area contributed by atoms with Crippen LogP contribution in [-0.4, -0.2) is 37.2 Å². The van der Waals surface area contributed by atoms with Gasteiger partial charge in [-0.1, -0.05) is 262 Å². The van der Waals surface area contributed by atoms with E-state index in [2.05, 4.69) is 179 Å². The molecule has 0 aliphatic carbocycles. The van der Waals surface area contributed by atoms with Gasteiger partial charge in [0.05, 0.1) is 0 Å². The van der Waals surface area contributed by atoms with Crippen LogP contribution in [0.2, 0.25) is 0 Å². The maximum absolute atomic E-state index is 12.8. The van der Waals surface area contributed by atoms with Crippen LogP contribution in [-0.2, 0) is 28.6 Å². The van der Waals surface area contributed by atoms with Gasteiger partial charge in [0, 0.05) is 19.3 Å². The van der Waals surface area contributed by atoms with Crippen LogP contribution >= 0.6 is 0 Å². The highest BCUT2D eigenvalue weighted by Gasteiger charge is 2.19. The number of ether oxygens (including phenoxy) is 3. The van der Waals surface area contributed by atoms with Gasteiger partial charge in [0.25, 0.3) is 0 Å². The van der Waals surface area contributed by atoms with Crippen LogP contribution in [0.15, 0.2) is 158 Å². The van der Waals surface area contributed by atoms with Gasteiger partial charge in [-0.3, -0.25) is 14.4 Å². The molecule has 0 amide bonds. The molecule has 0 radical (unpaired) electrons. The highest BCUT2D eigenvalue weighted by Crippen LogP contribution is 2.14. The quantitative estimate of drug-likeness (QED) is 0.0261. The Morgan fingerprint density at radius 1 is 0.273 bits per heavy atom. The standard InChI is InChI=1S/C71H112O6/c1-4-7-10-13-16-19-22-24-25-26-27-28-29-30-31-32-33-34-35-36-37-38-39-40-41-42-43-44-45-47-49-52-55-58-61-64-70(73)76-67-68(66-75-69(72)63-60-57-54-51-48-21-18-15-12-9-6-3)77-71(74)65-62-59-56-53-50-46-23-20-17-14-11-8-5-2/h7-8,10-11,16-17,19-20,24-25,27-28,30-31,33-34,36-37,39-40,42-43,45-47,50,68H,4-6,9,12-15,18,21-23,26,29,32,35,38,41,44,48-49,51-67H2,1-3H3/b10-7-,11-8-,19-16-,20-17-,25-24-,28-27-,31-30-,34-33-,37-36-,40-39-,43-42-,47-45-,50-46-. The van der Waals surface area contributed by atoms with Gasteiger partial charge in [0.2, 0.25) is 0 Å². The summed E-state index contributed by atoms with van der Waals surface area (Å²) in [5.74, 6) is -0.965. The third kappa shape index (κ3) is 61.8. The van der Waals surface area contributed by atoms with Crippen LogP contribution in [0.1, 0.15) is 252 Å². The Bertz CT molecular complexity index is 1740. The number of hydrogen-bond acceptors (Lipinski definition) is 6. The predicted octanol–water partition coefficient (Wildman–Crippen LogP) is 21.3. The molecule has 0 aromatic rings. The minimum atomic E-state index is -0.808. The van der Waals surface area contributed by atoms with E-state index in [0.717, 1.165) is 161 Å². The van der Waals surface area contributed by atoms with E-state index in [4.69, 9.17) is 14.2 Å². The summed E-state index contributed by atoms with van der Waals surface area (Å²) < 4.78 is 16.8. The van der Waals surface area contributed by atoms with Crippen LogP contribution in [0, 0.1) is 0 Å². The number of rotatable bonds is 54. The molecule has 0 aromatic heterocycles. The van der Waals surface area contributed by atoms with Gasteiger partial charge < -0.3 is 14.2 Å². The zero-order valence-electron chi connectivity index (χ0n) is 49.4. The van der Waals surface area contributed by atoms with Gasteiger partial charge in [0.15, 0.2) is 6.10 Å². The Morgan fingerprint density at radius 2 is 0.506 bits per heavy atom. The first kappa shape index (κ1) is 72.0. The second-order valence-corrected chi connectivity index (χ2v) is 19.9. The molecular weight excluding hydrogens is 949 g/mol. The van der Waals surface area contributed by atoms with Crippen LogP contribution < -0.4 is 0 Å². The van der Waals surface area contributed by atoms with Crippen LogP contribution in [0.3, 0.4) is 0 Å². The van der Waals surface area contributed by atoms with Gasteiger partial charge in [-0.2, -0.15) is 0 Å². The lowest BCUT2D eigenvalue weighted by atomic mass is 10.1. The molecule has 0 saturated carbocycles. The second kappa shape index (κ2) is 63.6. The van der Waals surface area contributed by atoms with Crippen LogP contribution in [0.5, 0.6) is 0 Å². The summed E-state index contributed by atoms with van der Waals surface area (Å²) in [4.78, 5) is 38.1. The van der Waals surface area contributed by atoms with Gasteiger partial charge in [-0.25, -0.2) is 0 Å². The maximum Gasteiger partial charge on any atom is 0.306 e. The molecule has 0 fully saturated rings. The van der Waals surface area contributed by atoms with E-state index in [-0.39, 0.29) is 37.5 Å². The molecule has 0 rings (SSSR count). The fraction of sp³-hybridized carbons (Fsp3) is 0.592. The third-order valence-corrected chi connectivity index (χ3v) is 12.5. The molecule has 0 aromatic carbocycles. The van der Waals surface area contributed by atoms with Gasteiger partial charge in [-0.15, -0.1) is 0 Å². The van der Waals surface area contributed by atoms with Crippen molar-refractivity contribution in [1.29, 1.82) is 0 Å². The topological polar surface area (TPSA) is 78.9 Å². The molecular formula is C71H112O6. The Balaban J connectivity index is 4.29. The number of carbonyl (C=O) groups is 3. The largest absolute Gasteiger partial charge is 0.462 e. The van der Waals surface area contributed by atoms with Crippen molar-refractivity contribution in [2.45, 2.75) is 258 Å². The van der Waals surface area contributed by atoms with Crippen molar-refractivity contribution < 1.29 is 28.6 Å². The molecule has 0 N–H and O–H groups in total. The van der Waals surface area contributed by atoms with Crippen molar-refractivity contribution in [2.75, 3.05) is 13.2 Å². The van der Waals surface area contributed by atoms with E-state index >= 15 is 0 Å². The van der Waals surface area contributed by atoms with Crippen LogP contribution in [0.4, 0.5) is 0 Å². The summed E-state index contributed by atoms with van der Waals surface area (Å²) in [5.41, 5.74) is 0. The first-order valence-corrected chi connectivity index (χ1v) is 31.0. The molecule has 0 aliphatic heterocycles. The monoisotopic (exact) mass is 1060 g/mol. The molecule has 432 valence electrons. The number of unbranched alkanes of at least 4 members (excludes halogenated alkanes) is 17. The van der Waals surface area contributed by atoms with E-state index in [1.165, 1.54) is 51.4 Å². The zero-order valence-corrected chi connectivity index (χ0v) is 49.4. The molecule has 0 saturated heterocycles. The number of hydrogen-bond donors (Lipinski definition) is 0. The highest BCUT2D eigenvalue weighted by molar-refractivity contribution is 5.71. The van der Waals surface area contributed by atoms with E-state index < -0.39 is 6.10 Å². The average Bonchev–Trinajstić information content (AvgIpc) is 3.43. The normalized spacial score (nSPS) is 13.2. The summed E-state index contributed by atoms with van der Waals surface area (Å²) in [7, 11) is 0. The molecule has 1 atom stereocenters. The molecule has 0 aliphatic rings. The van der Waals surface area contributed by atoms with Crippen molar-refractivity contribution in [2.24, 2.45) is 0 Å². The summed E-state index contributed by atoms with van der Waals surface area (Å²) in [6.45, 7) is 6.34. The first-order valence-electron chi connectivity index (χ1n) is 31.0. The number of allylic oxidation sites excluding steroid dienone is 26. The highest BCUT2D eigenvalue weighted by atomic mass is 16.6. The van der Waals surface area contributed by atoms with Crippen molar-refractivity contribution >= 4 is 17.9 Å². The van der Waals surface area contributed by atoms with E-state index in [9.17, 15) is 14.4 Å². The lowest BCUT2D eigenvalue weighted by Crippen LogP contribution is -2.30. The molecule has 0 heterocycles. The summed E-state index contributed by atoms with van der Waals surface area (Å²) in [5, 5.41) is 0. The Labute approximate surface area is 473 Å². The van der Waals surface area contributed by atoms with E-state index in [1.54, 1.807) is 0 Å². The van der Waals surface area contributed by atoms with Crippen molar-refractivity contribution in [3.63, 3.8) is 0 Å². The lowest BCUT2D eigenvalue weighted by Gasteiger charge is -2.18. The summed E-state index contributed by atoms with van der Waals surface area (Å²) in [6.07, 6.45) is 92.6. The fourth-order valence-electron chi connectivity index (χ4n) is 7.95. The van der Waals surface area contributed by atoms with Crippen molar-refractivity contribution in [3.8, 4) is 0 Å². The zero-order chi connectivity index (χ0) is 55.7. The Kier molecular flexibility index (Phi) is 59.5. The van der Waals surface area contributed by atoms with E-state index in [1.807, 2.05) is 0 Å². The lowest BCUT2D eigenvalue weighted by molar-refractivity contribution is -0.167. The second-order valence-electron chi connectivity index (χ2n) is 19.9. The Hall–Kier alpha value is -4.97. The molecule has 6 heteroatoms. The van der Waals surface area contributed by atoms with Gasteiger partial charge >= 0.3 is 17.9 Å². The number of esters is 3. The molecule has 1 unspecified atom stereocenters. The summed E-state index contributed by atoms with van der Waals surface area (Å²) in [6, 6.07) is 0. The predicted molar refractivity (Wildman–Crippen MR) is 334 cm³/mol. The van der Waals surface area contributed by atoms with Crippen LogP contribution in [0.25, 0.3) is 0 Å². The maximum atomic E-state index is 12.8. The fourth-order valence-corrected chi connectivity index (χ4v) is 7.95. The smallest absolute Gasteiger partial charge is 0.306 e. The SMILES string of the molecule is CC/C=C\C/C=C\C/C=C\C/C=C\C/C=C\C/C=C\C/C=C\C/C=C\C/C=C\C/C=C\CCCCCCC(=O)OCC(COC(=O)CCCCCCCCCCCCC)OC(=O)CCCCC/C=C\C/C=C\C/C=C\CC. The van der Waals surface area contributed by atoms with E-state index in [0.29, 0.717) is 12.8 Å². The minimum absolute atomic E-state index is 0.102. The average molecular weight is 1060 g/mol. The van der Waals surface area contributed by atoms with Gasteiger partial charge in [0.1, 0.15) is 13.2 Å².